The Hall–Kier alpha value is -14.1. The van der Waals surface area contributed by atoms with Crippen molar-refractivity contribution in [2.45, 2.75) is 0 Å². The van der Waals surface area contributed by atoms with E-state index in [2.05, 4.69) is 401 Å². The maximum absolute atomic E-state index is 7.11. The molecule has 5 aromatic heterocycles. The van der Waals surface area contributed by atoms with Gasteiger partial charge in [0.05, 0.1) is 44.5 Å². The highest BCUT2D eigenvalue weighted by Gasteiger charge is 2.37. The summed E-state index contributed by atoms with van der Waals surface area (Å²) < 4.78 is 17.2. The lowest BCUT2D eigenvalue weighted by Gasteiger charge is -2.35. The number of pyridine rings is 1. The minimum atomic E-state index is 0.705. The lowest BCUT2D eigenvalue weighted by Crippen LogP contribution is -2.22. The Morgan fingerprint density at radius 2 is 0.537 bits per heavy atom. The first-order chi connectivity index (χ1) is 53.6. The molecule has 108 heavy (non-hydrogen) atoms. The number of thiophene rings is 1. The minimum Gasteiger partial charge on any atom is -0.453 e. The molecule has 22 rings (SSSR count). The fraction of sp³-hybridized carbons (Fsp3) is 0. The van der Waals surface area contributed by atoms with Gasteiger partial charge in [0.2, 0.25) is 0 Å². The number of ether oxygens (including phenoxy) is 1. The zero-order valence-electron chi connectivity index (χ0n) is 58.4. The maximum Gasteiger partial charge on any atom is 0.165 e. The molecule has 0 atom stereocenters. The number of anilines is 3. The number of hydrogen-bond acceptors (Lipinski definition) is 4. The minimum absolute atomic E-state index is 0.705. The molecule has 0 aliphatic carbocycles. The van der Waals surface area contributed by atoms with E-state index in [0.717, 1.165) is 177 Å². The molecule has 0 amide bonds. The smallest absolute Gasteiger partial charge is 0.165 e. The molecule has 1 aliphatic heterocycles. The van der Waals surface area contributed by atoms with E-state index in [4.69, 9.17) is 9.72 Å². The number of nitrogens with zero attached hydrogens (tertiary/aromatic N) is 5. The molecule has 6 heterocycles. The first kappa shape index (κ1) is 61.4. The lowest BCUT2D eigenvalue weighted by atomic mass is 9.95. The molecular weight excluding hydrogens is 1330 g/mol. The molecule has 504 valence electrons. The second kappa shape index (κ2) is 24.8. The van der Waals surface area contributed by atoms with Gasteiger partial charge in [-0.15, -0.1) is 11.3 Å². The second-order valence-corrected chi connectivity index (χ2v) is 29.2. The van der Waals surface area contributed by atoms with Crippen molar-refractivity contribution in [2.75, 3.05) is 4.90 Å². The number of hydrogen-bond donors (Lipinski definition) is 0. The van der Waals surface area contributed by atoms with E-state index in [1.165, 1.54) is 14.8 Å². The molecule has 0 unspecified atom stereocenters. The van der Waals surface area contributed by atoms with Crippen LogP contribution in [0, 0.1) is 0 Å². The van der Waals surface area contributed by atoms with Gasteiger partial charge in [-0.05, 0) is 182 Å². The van der Waals surface area contributed by atoms with Gasteiger partial charge in [-0.3, -0.25) is 9.47 Å². The Morgan fingerprint density at radius 1 is 0.231 bits per heavy atom. The predicted molar refractivity (Wildman–Crippen MR) is 453 cm³/mol. The van der Waals surface area contributed by atoms with Crippen LogP contribution in [0.2, 0.25) is 0 Å². The van der Waals surface area contributed by atoms with Crippen molar-refractivity contribution in [3.63, 3.8) is 0 Å². The third-order valence-electron chi connectivity index (χ3n) is 22.0. The summed E-state index contributed by atoms with van der Waals surface area (Å²) in [5.41, 5.74) is 25.3. The summed E-state index contributed by atoms with van der Waals surface area (Å²) in [5, 5.41) is 8.98. The van der Waals surface area contributed by atoms with Gasteiger partial charge in [0.1, 0.15) is 11.4 Å². The normalized spacial score (nSPS) is 12.1. The summed E-state index contributed by atoms with van der Waals surface area (Å²) >= 11 is 1.84. The molecule has 0 bridgehead atoms. The highest BCUT2D eigenvalue weighted by Crippen LogP contribution is 2.58. The highest BCUT2D eigenvalue weighted by molar-refractivity contribution is 7.26. The van der Waals surface area contributed by atoms with Crippen molar-refractivity contribution in [2.24, 2.45) is 0 Å². The third kappa shape index (κ3) is 9.76. The fourth-order valence-electron chi connectivity index (χ4n) is 17.1. The average Bonchev–Trinajstić information content (AvgIpc) is 1.41. The van der Waals surface area contributed by atoms with Gasteiger partial charge in [-0.1, -0.05) is 273 Å². The quantitative estimate of drug-likeness (QED) is 0.130. The molecule has 21 aromatic rings. The van der Waals surface area contributed by atoms with Crippen LogP contribution in [-0.2, 0) is 0 Å². The monoisotopic (exact) mass is 1390 g/mol. The topological polar surface area (TPSA) is 40.1 Å². The molecule has 0 spiro atoms. The zero-order chi connectivity index (χ0) is 70.9. The highest BCUT2D eigenvalue weighted by atomic mass is 32.1. The molecule has 1 aliphatic rings. The van der Waals surface area contributed by atoms with Gasteiger partial charge in [-0.25, -0.2) is 4.98 Å². The first-order valence-corrected chi connectivity index (χ1v) is 37.6. The fourth-order valence-corrected chi connectivity index (χ4v) is 18.2. The number of rotatable bonds is 11. The number of fused-ring (bicyclic) bond motifs is 14. The van der Waals surface area contributed by atoms with Crippen LogP contribution < -0.4 is 9.64 Å². The zero-order valence-corrected chi connectivity index (χ0v) is 59.2. The largest absolute Gasteiger partial charge is 0.453 e. The number of aromatic nitrogens is 4. The van der Waals surface area contributed by atoms with Crippen LogP contribution in [0.5, 0.6) is 11.5 Å². The Kier molecular flexibility index (Phi) is 14.1. The van der Waals surface area contributed by atoms with Crippen LogP contribution in [0.25, 0.3) is 181 Å². The summed E-state index contributed by atoms with van der Waals surface area (Å²) in [6, 6.07) is 140. The van der Waals surface area contributed by atoms with Crippen molar-refractivity contribution in [1.82, 2.24) is 18.7 Å². The summed E-state index contributed by atoms with van der Waals surface area (Å²) in [4.78, 5) is 9.21. The molecule has 0 N–H and O–H groups in total. The maximum atomic E-state index is 7.11. The van der Waals surface area contributed by atoms with E-state index in [9.17, 15) is 0 Å². The van der Waals surface area contributed by atoms with E-state index < -0.39 is 0 Å². The lowest BCUT2D eigenvalue weighted by molar-refractivity contribution is 0.476. The third-order valence-corrected chi connectivity index (χ3v) is 23.2. The molecule has 0 saturated carbocycles. The van der Waals surface area contributed by atoms with Crippen molar-refractivity contribution in [3.05, 3.63) is 382 Å². The predicted octanol–water partition coefficient (Wildman–Crippen LogP) is 28.0. The SMILES string of the molecule is c1ccc(-c2ccc3c(c2)c2cc(-c4ccccc4)ccc2n3-c2nc(N3c4ccccc4Oc4ccccc43)c(-n3c4ccc(-c5ccccc5)cc4c4cc(-c5ccccc5)ccc43)c(-c3cccc4sc5ccccc5c34)c2-n2c3ccc(-c4ccccc4)cc3c3cc(-c4ccccc4)ccc32)cc1. The number of para-hydroxylation sites is 4. The van der Waals surface area contributed by atoms with Crippen molar-refractivity contribution < 1.29 is 4.74 Å². The molecule has 7 heteroatoms. The molecule has 16 aromatic carbocycles. The van der Waals surface area contributed by atoms with E-state index >= 15 is 0 Å². The molecule has 0 saturated heterocycles. The van der Waals surface area contributed by atoms with Crippen LogP contribution in [0.1, 0.15) is 0 Å². The Labute approximate surface area is 627 Å². The molecule has 0 fully saturated rings. The van der Waals surface area contributed by atoms with Crippen LogP contribution >= 0.6 is 11.3 Å². The van der Waals surface area contributed by atoms with Crippen LogP contribution in [-0.4, -0.2) is 18.7 Å². The second-order valence-electron chi connectivity index (χ2n) is 28.1. The Balaban J connectivity index is 1.01. The summed E-state index contributed by atoms with van der Waals surface area (Å²) in [6.45, 7) is 0. The van der Waals surface area contributed by atoms with Crippen molar-refractivity contribution >= 4 is 114 Å². The van der Waals surface area contributed by atoms with Gasteiger partial charge < -0.3 is 13.9 Å². The van der Waals surface area contributed by atoms with Crippen LogP contribution in [0.15, 0.2) is 382 Å². The van der Waals surface area contributed by atoms with Crippen LogP contribution in [0.3, 0.4) is 0 Å². The van der Waals surface area contributed by atoms with E-state index in [-0.39, 0.29) is 0 Å². The molecular formula is C101H63N5OS. The average molecular weight is 1390 g/mol. The van der Waals surface area contributed by atoms with Gasteiger partial charge in [0, 0.05) is 58.1 Å². The van der Waals surface area contributed by atoms with Crippen molar-refractivity contribution in [1.29, 1.82) is 0 Å². The van der Waals surface area contributed by atoms with E-state index in [1.54, 1.807) is 0 Å². The Bertz CT molecular complexity index is 6850. The Morgan fingerprint density at radius 3 is 0.907 bits per heavy atom. The van der Waals surface area contributed by atoms with E-state index in [1.807, 2.05) is 11.3 Å². The molecule has 0 radical (unpaired) electrons. The summed E-state index contributed by atoms with van der Waals surface area (Å²) in [5.74, 6) is 2.87. The van der Waals surface area contributed by atoms with Crippen molar-refractivity contribution in [3.8, 4) is 107 Å². The summed E-state index contributed by atoms with van der Waals surface area (Å²) in [6.07, 6.45) is 0. The van der Waals surface area contributed by atoms with E-state index in [0.29, 0.717) is 17.3 Å². The number of benzene rings is 16. The van der Waals surface area contributed by atoms with Gasteiger partial charge in [0.15, 0.2) is 23.1 Å². The van der Waals surface area contributed by atoms with Gasteiger partial charge in [0.25, 0.3) is 0 Å². The molecule has 6 nitrogen and oxygen atoms in total. The van der Waals surface area contributed by atoms with Crippen LogP contribution in [0.4, 0.5) is 17.2 Å². The standard InChI is InChI=1S/C101H63N5OS/c1-7-26-64(27-8-1)70-46-52-84-78(58-70)79-59-71(65-28-9-2-10-29-65)47-53-85(79)103(84)98-97(77-39-25-45-95-96(77)76-38-19-24-44-94(76)108-95)99(104-86-54-48-72(66-30-11-3-12-31-66)60-80(86)81-61-73(49-55-87(81)104)67-32-13-4-14-33-67)101(106-90-40-20-22-42-92(90)107-93-43-23-21-41-91(93)106)102-100(98)105-88-56-50-74(68-34-15-5-16-35-68)62-82(88)83-63-75(51-57-89(83)105)69-36-17-6-18-37-69/h1-63H. The van der Waals surface area contributed by atoms with Gasteiger partial charge in [-0.2, -0.15) is 0 Å². The van der Waals surface area contributed by atoms with Gasteiger partial charge >= 0.3 is 0 Å². The summed E-state index contributed by atoms with van der Waals surface area (Å²) in [7, 11) is 0. The first-order valence-electron chi connectivity index (χ1n) is 36.8.